The number of aliphatic imine (C=N–C) groups is 1. The molecule has 0 amide bonds. The van der Waals surface area contributed by atoms with E-state index in [4.69, 9.17) is 4.42 Å². The van der Waals surface area contributed by atoms with Gasteiger partial charge in [-0.25, -0.2) is 8.42 Å². The molecule has 0 aliphatic carbocycles. The van der Waals surface area contributed by atoms with Crippen molar-refractivity contribution in [1.82, 2.24) is 15.5 Å². The number of hydrogen-bond acceptors (Lipinski definition) is 5. The second kappa shape index (κ2) is 10.5. The number of guanidine groups is 1. The second-order valence-electron chi connectivity index (χ2n) is 7.47. The number of likely N-dealkylation sites (tertiary alicyclic amines) is 1. The minimum absolute atomic E-state index is 0.137. The molecule has 8 nitrogen and oxygen atoms in total. The summed E-state index contributed by atoms with van der Waals surface area (Å²) in [5, 5.41) is 6.66. The Morgan fingerprint density at radius 2 is 1.90 bits per heavy atom. The van der Waals surface area contributed by atoms with Crippen molar-refractivity contribution in [2.24, 2.45) is 4.99 Å². The molecule has 3 rings (SSSR count). The summed E-state index contributed by atoms with van der Waals surface area (Å²) in [4.78, 5) is 6.76. The van der Waals surface area contributed by atoms with Crippen LogP contribution in [0.2, 0.25) is 0 Å². The van der Waals surface area contributed by atoms with Gasteiger partial charge in [0.25, 0.3) is 0 Å². The van der Waals surface area contributed by atoms with E-state index in [9.17, 15) is 8.42 Å². The summed E-state index contributed by atoms with van der Waals surface area (Å²) in [5.41, 5.74) is 1.40. The minimum atomic E-state index is -3.34. The van der Waals surface area contributed by atoms with Crippen LogP contribution in [-0.2, 0) is 16.6 Å². The summed E-state index contributed by atoms with van der Waals surface area (Å²) in [7, 11) is -1.62. The SMILES string of the molecule is CN=C(NCc1ccccc1NS(C)(=O)=O)NCC(c1ccco1)N1CCCCC1. The zero-order valence-electron chi connectivity index (χ0n) is 17.6. The first kappa shape index (κ1) is 22.2. The molecule has 1 aliphatic heterocycles. The van der Waals surface area contributed by atoms with Gasteiger partial charge in [0, 0.05) is 20.1 Å². The molecule has 2 heterocycles. The fourth-order valence-electron chi connectivity index (χ4n) is 3.69. The average Bonchev–Trinajstić information content (AvgIpc) is 3.25. The summed E-state index contributed by atoms with van der Waals surface area (Å²) < 4.78 is 31.5. The summed E-state index contributed by atoms with van der Waals surface area (Å²) in [6.45, 7) is 3.22. The Balaban J connectivity index is 1.61. The maximum Gasteiger partial charge on any atom is 0.229 e. The highest BCUT2D eigenvalue weighted by molar-refractivity contribution is 7.92. The Bertz CT molecular complexity index is 922. The van der Waals surface area contributed by atoms with Crippen molar-refractivity contribution < 1.29 is 12.8 Å². The Hall–Kier alpha value is -2.52. The number of nitrogens with one attached hydrogen (secondary N) is 3. The van der Waals surface area contributed by atoms with Gasteiger partial charge in [-0.15, -0.1) is 0 Å². The van der Waals surface area contributed by atoms with Crippen molar-refractivity contribution in [2.45, 2.75) is 31.8 Å². The van der Waals surface area contributed by atoms with E-state index in [1.165, 1.54) is 19.3 Å². The van der Waals surface area contributed by atoms with Gasteiger partial charge in [-0.1, -0.05) is 24.6 Å². The van der Waals surface area contributed by atoms with Crippen LogP contribution in [0.3, 0.4) is 0 Å². The van der Waals surface area contributed by atoms with E-state index in [2.05, 4.69) is 25.2 Å². The number of para-hydroxylation sites is 1. The minimum Gasteiger partial charge on any atom is -0.468 e. The molecule has 1 atom stereocenters. The first-order valence-corrected chi connectivity index (χ1v) is 12.1. The number of anilines is 1. The number of benzene rings is 1. The average molecular weight is 434 g/mol. The molecule has 30 heavy (non-hydrogen) atoms. The topological polar surface area (TPSA) is 99.0 Å². The number of piperidine rings is 1. The normalized spacial score (nSPS) is 16.8. The first-order valence-electron chi connectivity index (χ1n) is 10.2. The van der Waals surface area contributed by atoms with Crippen LogP contribution in [-0.4, -0.2) is 52.2 Å². The van der Waals surface area contributed by atoms with Gasteiger partial charge in [-0.2, -0.15) is 0 Å². The molecule has 1 unspecified atom stereocenters. The van der Waals surface area contributed by atoms with Gasteiger partial charge >= 0.3 is 0 Å². The molecule has 0 radical (unpaired) electrons. The van der Waals surface area contributed by atoms with Gasteiger partial charge in [0.05, 0.1) is 24.2 Å². The zero-order chi connectivity index (χ0) is 21.4. The predicted octanol–water partition coefficient (Wildman–Crippen LogP) is 2.54. The lowest BCUT2D eigenvalue weighted by Crippen LogP contribution is -2.44. The van der Waals surface area contributed by atoms with Gasteiger partial charge in [-0.05, 0) is 49.7 Å². The van der Waals surface area contributed by atoms with Gasteiger partial charge < -0.3 is 15.1 Å². The van der Waals surface area contributed by atoms with Crippen molar-refractivity contribution in [3.8, 4) is 0 Å². The fourth-order valence-corrected chi connectivity index (χ4v) is 4.29. The molecule has 1 saturated heterocycles. The van der Waals surface area contributed by atoms with Crippen LogP contribution in [0, 0.1) is 0 Å². The lowest BCUT2D eigenvalue weighted by Gasteiger charge is -2.33. The van der Waals surface area contributed by atoms with E-state index in [0.29, 0.717) is 24.7 Å². The highest BCUT2D eigenvalue weighted by atomic mass is 32.2. The van der Waals surface area contributed by atoms with Crippen LogP contribution in [0.5, 0.6) is 0 Å². The molecule has 9 heteroatoms. The second-order valence-corrected chi connectivity index (χ2v) is 9.21. The molecule has 1 fully saturated rings. The smallest absolute Gasteiger partial charge is 0.229 e. The number of rotatable bonds is 8. The Labute approximate surface area is 178 Å². The van der Waals surface area contributed by atoms with Crippen LogP contribution < -0.4 is 15.4 Å². The number of hydrogen-bond donors (Lipinski definition) is 3. The summed E-state index contributed by atoms with van der Waals surface area (Å²) in [6.07, 6.45) is 6.54. The van der Waals surface area contributed by atoms with E-state index in [-0.39, 0.29) is 6.04 Å². The Kier molecular flexibility index (Phi) is 7.75. The third kappa shape index (κ3) is 6.50. The van der Waals surface area contributed by atoms with Crippen LogP contribution >= 0.6 is 0 Å². The largest absolute Gasteiger partial charge is 0.468 e. The van der Waals surface area contributed by atoms with E-state index >= 15 is 0 Å². The van der Waals surface area contributed by atoms with Crippen molar-refractivity contribution in [2.75, 3.05) is 37.7 Å². The molecule has 1 aliphatic rings. The molecule has 0 bridgehead atoms. The maximum atomic E-state index is 11.6. The molecule has 3 N–H and O–H groups in total. The van der Waals surface area contributed by atoms with Crippen molar-refractivity contribution >= 4 is 21.7 Å². The summed E-state index contributed by atoms with van der Waals surface area (Å²) >= 11 is 0. The van der Waals surface area contributed by atoms with E-state index in [1.54, 1.807) is 25.4 Å². The van der Waals surface area contributed by atoms with Gasteiger partial charge in [0.15, 0.2) is 5.96 Å². The van der Waals surface area contributed by atoms with E-state index in [1.807, 2.05) is 24.3 Å². The highest BCUT2D eigenvalue weighted by Gasteiger charge is 2.24. The lowest BCUT2D eigenvalue weighted by molar-refractivity contribution is 0.146. The molecule has 1 aromatic heterocycles. The quantitative estimate of drug-likeness (QED) is 0.437. The highest BCUT2D eigenvalue weighted by Crippen LogP contribution is 2.24. The first-order chi connectivity index (χ1) is 14.5. The number of sulfonamides is 1. The molecule has 0 saturated carbocycles. The van der Waals surface area contributed by atoms with Crippen LogP contribution in [0.1, 0.15) is 36.6 Å². The fraction of sp³-hybridized carbons (Fsp3) is 0.476. The van der Waals surface area contributed by atoms with Crippen molar-refractivity contribution in [3.05, 3.63) is 54.0 Å². The van der Waals surface area contributed by atoms with Gasteiger partial charge in [-0.3, -0.25) is 14.6 Å². The monoisotopic (exact) mass is 433 g/mol. The van der Waals surface area contributed by atoms with Gasteiger partial charge in [0.2, 0.25) is 10.0 Å². The standard InChI is InChI=1S/C21H31N5O3S/c1-22-21(23-15-17-9-4-5-10-18(17)25-30(2,27)28)24-16-19(20-11-8-14-29-20)26-12-6-3-7-13-26/h4-5,8-11,14,19,25H,3,6-7,12-13,15-16H2,1-2H3,(H2,22,23,24). The van der Waals surface area contributed by atoms with E-state index < -0.39 is 10.0 Å². The Morgan fingerprint density at radius 3 is 2.57 bits per heavy atom. The van der Waals surface area contributed by atoms with E-state index in [0.717, 1.165) is 30.7 Å². The lowest BCUT2D eigenvalue weighted by atomic mass is 10.1. The number of nitrogens with zero attached hydrogens (tertiary/aromatic N) is 2. The molecule has 0 spiro atoms. The molecule has 164 valence electrons. The van der Waals surface area contributed by atoms with Crippen LogP contribution in [0.15, 0.2) is 52.1 Å². The molecule has 2 aromatic rings. The molecular weight excluding hydrogens is 402 g/mol. The number of furan rings is 1. The third-order valence-corrected chi connectivity index (χ3v) is 5.74. The predicted molar refractivity (Wildman–Crippen MR) is 120 cm³/mol. The summed E-state index contributed by atoms with van der Waals surface area (Å²) in [6, 6.07) is 11.4. The Morgan fingerprint density at radius 1 is 1.13 bits per heavy atom. The third-order valence-electron chi connectivity index (χ3n) is 5.15. The van der Waals surface area contributed by atoms with Crippen LogP contribution in [0.25, 0.3) is 0 Å². The van der Waals surface area contributed by atoms with Gasteiger partial charge in [0.1, 0.15) is 5.76 Å². The summed E-state index contributed by atoms with van der Waals surface area (Å²) in [5.74, 6) is 1.60. The molecule has 1 aromatic carbocycles. The van der Waals surface area contributed by atoms with Crippen LogP contribution in [0.4, 0.5) is 5.69 Å². The van der Waals surface area contributed by atoms with Crippen molar-refractivity contribution in [3.63, 3.8) is 0 Å². The van der Waals surface area contributed by atoms with Crippen molar-refractivity contribution in [1.29, 1.82) is 0 Å². The molecular formula is C21H31N5O3S. The zero-order valence-corrected chi connectivity index (χ0v) is 18.4. The maximum absolute atomic E-state index is 11.6.